The summed E-state index contributed by atoms with van der Waals surface area (Å²) in [6, 6.07) is 9.20. The van der Waals surface area contributed by atoms with Gasteiger partial charge in [0.05, 0.1) is 0 Å². The Morgan fingerprint density at radius 3 is 2.71 bits per heavy atom. The summed E-state index contributed by atoms with van der Waals surface area (Å²) in [7, 11) is 0. The Hall–Kier alpha value is -1.97. The number of carbonyl (C=O) groups is 1. The number of hydrogen-bond donors (Lipinski definition) is 0. The minimum Gasteiger partial charge on any atom is -0.595 e. The van der Waals surface area contributed by atoms with Crippen LogP contribution in [0.25, 0.3) is 0 Å². The van der Waals surface area contributed by atoms with Crippen molar-refractivity contribution < 1.29 is 9.66 Å². The fraction of sp³-hybridized carbons (Fsp3) is 0.308. The van der Waals surface area contributed by atoms with Crippen LogP contribution in [0.4, 0.5) is 0 Å². The summed E-state index contributed by atoms with van der Waals surface area (Å²) < 4.78 is 0. The molecule has 0 spiro atoms. The van der Waals surface area contributed by atoms with E-state index in [1.807, 2.05) is 30.3 Å². The zero-order valence-corrected chi connectivity index (χ0v) is 10.0. The van der Waals surface area contributed by atoms with Crippen LogP contribution >= 0.6 is 0 Å². The Balaban J connectivity index is 2.52. The Bertz CT molecular complexity index is 424. The molecule has 90 valence electrons. The molecular formula is C13H16N2O2. The molecule has 1 aromatic rings. The van der Waals surface area contributed by atoms with Crippen molar-refractivity contribution >= 4 is 5.78 Å². The lowest BCUT2D eigenvalue weighted by Gasteiger charge is -1.98. The van der Waals surface area contributed by atoms with Gasteiger partial charge in [-0.2, -0.15) is 0 Å². The molecule has 0 amide bonds. The Kier molecular flexibility index (Phi) is 5.07. The fourth-order valence-electron chi connectivity index (χ4n) is 1.18. The van der Waals surface area contributed by atoms with Gasteiger partial charge in [0, 0.05) is 0 Å². The predicted octanol–water partition coefficient (Wildman–Crippen LogP) is 2.68. The molecule has 4 heteroatoms. The van der Waals surface area contributed by atoms with E-state index in [9.17, 15) is 10.0 Å². The van der Waals surface area contributed by atoms with Crippen molar-refractivity contribution in [3.8, 4) is 0 Å². The molecule has 0 heterocycles. The lowest BCUT2D eigenvalue weighted by Crippen LogP contribution is -2.12. The zero-order chi connectivity index (χ0) is 12.7. The molecule has 0 aliphatic carbocycles. The summed E-state index contributed by atoms with van der Waals surface area (Å²) in [5, 5.41) is 14.9. The third-order valence-electron chi connectivity index (χ3n) is 2.30. The highest BCUT2D eigenvalue weighted by Crippen LogP contribution is 2.00. The number of benzene rings is 1. The minimum atomic E-state index is -0.589. The molecule has 0 saturated carbocycles. The van der Waals surface area contributed by atoms with Crippen LogP contribution in [-0.4, -0.2) is 16.7 Å². The van der Waals surface area contributed by atoms with Crippen molar-refractivity contribution in [2.75, 3.05) is 0 Å². The number of hydroxylamine groups is 1. The molecule has 1 rings (SSSR count). The molecule has 0 aliphatic rings. The number of Topliss-reactive ketones (excluding diaryl/α,β-unsaturated/α-hetero) is 1. The number of ketones is 1. The van der Waals surface area contributed by atoms with E-state index in [0.29, 0.717) is 11.3 Å². The van der Waals surface area contributed by atoms with Gasteiger partial charge >= 0.3 is 0 Å². The van der Waals surface area contributed by atoms with E-state index in [1.54, 1.807) is 13.0 Å². The molecule has 0 aliphatic heterocycles. The van der Waals surface area contributed by atoms with E-state index in [2.05, 4.69) is 5.11 Å². The third-order valence-corrected chi connectivity index (χ3v) is 2.30. The van der Waals surface area contributed by atoms with Crippen molar-refractivity contribution in [1.29, 1.82) is 0 Å². The van der Waals surface area contributed by atoms with Gasteiger partial charge in [0.1, 0.15) is 0 Å². The van der Waals surface area contributed by atoms with E-state index < -0.39 is 6.04 Å². The Morgan fingerprint density at radius 1 is 1.47 bits per heavy atom. The Morgan fingerprint density at radius 2 is 2.12 bits per heavy atom. The highest BCUT2D eigenvalue weighted by molar-refractivity contribution is 5.80. The number of allylic oxidation sites excluding steroid dienone is 1. The van der Waals surface area contributed by atoms with Crippen LogP contribution in [0, 0.1) is 5.21 Å². The number of nitrogens with zero attached hydrogens (tertiary/aromatic N) is 2. The fourth-order valence-corrected chi connectivity index (χ4v) is 1.18. The summed E-state index contributed by atoms with van der Waals surface area (Å²) in [5.41, 5.74) is 1.12. The summed E-state index contributed by atoms with van der Waals surface area (Å²) in [5.74, 6) is -0.123. The van der Waals surface area contributed by atoms with Gasteiger partial charge in [-0.15, -0.1) is 0 Å². The standard InChI is InChI=1S/C13H16N2O2/c1-11(12(2)16)14-15(17)10-6-9-13-7-4-3-5-8-13/h3-8,10-11H,9H2,1-2H3. The molecule has 0 radical (unpaired) electrons. The molecule has 0 fully saturated rings. The van der Waals surface area contributed by atoms with Gasteiger partial charge < -0.3 is 5.21 Å². The van der Waals surface area contributed by atoms with E-state index in [0.717, 1.165) is 5.56 Å². The molecule has 1 atom stereocenters. The van der Waals surface area contributed by atoms with Crippen LogP contribution < -0.4 is 0 Å². The summed E-state index contributed by atoms with van der Waals surface area (Å²) in [6.45, 7) is 3.01. The number of azo groups is 1. The Labute approximate surface area is 101 Å². The van der Waals surface area contributed by atoms with Gasteiger partial charge in [-0.25, -0.2) is 0 Å². The van der Waals surface area contributed by atoms with Crippen molar-refractivity contribution in [2.45, 2.75) is 26.3 Å². The molecule has 4 nitrogen and oxygen atoms in total. The summed E-state index contributed by atoms with van der Waals surface area (Å²) >= 11 is 0. The van der Waals surface area contributed by atoms with Crippen molar-refractivity contribution in [3.05, 3.63) is 53.4 Å². The smallest absolute Gasteiger partial charge is 0.205 e. The SMILES string of the molecule is CC(=O)C(C)N=[N+]([O-])C=CCc1ccccc1. The second kappa shape index (κ2) is 6.58. The lowest BCUT2D eigenvalue weighted by molar-refractivity contribution is -0.461. The highest BCUT2D eigenvalue weighted by atomic mass is 16.5. The quantitative estimate of drug-likeness (QED) is 0.445. The maximum Gasteiger partial charge on any atom is 0.205 e. The van der Waals surface area contributed by atoms with Gasteiger partial charge in [0.15, 0.2) is 11.8 Å². The molecule has 0 bridgehead atoms. The molecule has 0 saturated heterocycles. The molecule has 1 aromatic carbocycles. The zero-order valence-electron chi connectivity index (χ0n) is 10.0. The summed E-state index contributed by atoms with van der Waals surface area (Å²) in [4.78, 5) is 11.3. The first-order valence-corrected chi connectivity index (χ1v) is 5.47. The number of hydrogen-bond acceptors (Lipinski definition) is 3. The lowest BCUT2D eigenvalue weighted by atomic mass is 10.1. The minimum absolute atomic E-state index is 0.123. The average molecular weight is 232 g/mol. The molecular weight excluding hydrogens is 216 g/mol. The molecule has 1 unspecified atom stereocenters. The second-order valence-electron chi connectivity index (χ2n) is 3.78. The van der Waals surface area contributed by atoms with Gasteiger partial charge in [-0.05, 0) is 37.0 Å². The van der Waals surface area contributed by atoms with Crippen LogP contribution in [0.15, 0.2) is 47.7 Å². The topological polar surface area (TPSA) is 55.5 Å². The van der Waals surface area contributed by atoms with Crippen LogP contribution in [0.5, 0.6) is 0 Å². The van der Waals surface area contributed by atoms with Gasteiger partial charge in [-0.3, -0.25) is 4.79 Å². The largest absolute Gasteiger partial charge is 0.595 e. The molecule has 17 heavy (non-hydrogen) atoms. The third kappa shape index (κ3) is 5.06. The average Bonchev–Trinajstić information content (AvgIpc) is 2.30. The van der Waals surface area contributed by atoms with Crippen molar-refractivity contribution in [3.63, 3.8) is 0 Å². The summed E-state index contributed by atoms with van der Waals surface area (Å²) in [6.07, 6.45) is 3.72. The first kappa shape index (κ1) is 13.1. The first-order chi connectivity index (χ1) is 8.09. The van der Waals surface area contributed by atoms with Crippen molar-refractivity contribution in [2.24, 2.45) is 5.11 Å². The number of carbonyl (C=O) groups excluding carboxylic acids is 1. The van der Waals surface area contributed by atoms with Crippen LogP contribution in [0.1, 0.15) is 19.4 Å². The van der Waals surface area contributed by atoms with E-state index in [4.69, 9.17) is 0 Å². The maximum absolute atomic E-state index is 11.3. The maximum atomic E-state index is 11.3. The van der Waals surface area contributed by atoms with Crippen LogP contribution in [-0.2, 0) is 11.2 Å². The molecule has 0 aromatic heterocycles. The van der Waals surface area contributed by atoms with Crippen LogP contribution in [0.2, 0.25) is 0 Å². The van der Waals surface area contributed by atoms with Gasteiger partial charge in [-0.1, -0.05) is 35.2 Å². The van der Waals surface area contributed by atoms with E-state index in [1.165, 1.54) is 13.1 Å². The number of rotatable bonds is 5. The van der Waals surface area contributed by atoms with Gasteiger partial charge in [0.2, 0.25) is 6.20 Å². The molecule has 0 N–H and O–H groups in total. The van der Waals surface area contributed by atoms with E-state index in [-0.39, 0.29) is 5.78 Å². The van der Waals surface area contributed by atoms with Gasteiger partial charge in [0.25, 0.3) is 0 Å². The van der Waals surface area contributed by atoms with E-state index >= 15 is 0 Å². The highest BCUT2D eigenvalue weighted by Gasteiger charge is 2.08. The monoisotopic (exact) mass is 232 g/mol. The van der Waals surface area contributed by atoms with Crippen LogP contribution in [0.3, 0.4) is 0 Å². The second-order valence-corrected chi connectivity index (χ2v) is 3.78. The van der Waals surface area contributed by atoms with Crippen molar-refractivity contribution in [1.82, 2.24) is 0 Å². The first-order valence-electron chi connectivity index (χ1n) is 5.47. The predicted molar refractivity (Wildman–Crippen MR) is 65.5 cm³/mol. The normalized spacial score (nSPS) is 13.9.